The lowest BCUT2D eigenvalue weighted by atomic mass is 10.1. The minimum Gasteiger partial charge on any atom is -0.487 e. The predicted octanol–water partition coefficient (Wildman–Crippen LogP) is 2.53. The van der Waals surface area contributed by atoms with Crippen molar-refractivity contribution in [3.63, 3.8) is 0 Å². The van der Waals surface area contributed by atoms with Crippen molar-refractivity contribution >= 4 is 5.71 Å². The third-order valence-corrected chi connectivity index (χ3v) is 2.16. The van der Waals surface area contributed by atoms with E-state index >= 15 is 0 Å². The van der Waals surface area contributed by atoms with Crippen molar-refractivity contribution in [1.82, 2.24) is 0 Å². The lowest BCUT2D eigenvalue weighted by molar-refractivity contribution is 0.306. The fourth-order valence-corrected chi connectivity index (χ4v) is 1.09. The average Bonchev–Trinajstić information content (AvgIpc) is 2.20. The average molecular weight is 193 g/mol. The lowest BCUT2D eigenvalue weighted by Gasteiger charge is -2.09. The Kier molecular flexibility index (Phi) is 3.51. The van der Waals surface area contributed by atoms with Crippen molar-refractivity contribution in [3.8, 4) is 5.75 Å². The second kappa shape index (κ2) is 4.65. The van der Waals surface area contributed by atoms with Crippen LogP contribution in [0.5, 0.6) is 5.75 Å². The summed E-state index contributed by atoms with van der Waals surface area (Å²) in [5.74, 6) is 0.841. The highest BCUT2D eigenvalue weighted by Crippen LogP contribution is 2.20. The number of benzene rings is 1. The first-order valence-corrected chi connectivity index (χ1v) is 4.51. The van der Waals surface area contributed by atoms with E-state index in [0.717, 1.165) is 11.3 Å². The normalized spacial score (nSPS) is 11.5. The van der Waals surface area contributed by atoms with Gasteiger partial charge in [0.15, 0.2) is 0 Å². The van der Waals surface area contributed by atoms with Gasteiger partial charge in [0.1, 0.15) is 12.4 Å². The van der Waals surface area contributed by atoms with E-state index in [-0.39, 0.29) is 0 Å². The molecule has 1 aromatic rings. The van der Waals surface area contributed by atoms with Crippen LogP contribution in [0.25, 0.3) is 0 Å². The van der Waals surface area contributed by atoms with Crippen molar-refractivity contribution in [1.29, 1.82) is 0 Å². The van der Waals surface area contributed by atoms with Gasteiger partial charge in [-0.3, -0.25) is 0 Å². The standard InChI is InChI=1S/C11H15NO2/c1-8-5-4-6-11(10(8)3)14-7-9(2)12-13/h4-6,13H,7H2,1-3H3. The van der Waals surface area contributed by atoms with Crippen molar-refractivity contribution in [2.45, 2.75) is 20.8 Å². The van der Waals surface area contributed by atoms with E-state index in [4.69, 9.17) is 9.94 Å². The first-order valence-electron chi connectivity index (χ1n) is 4.51. The summed E-state index contributed by atoms with van der Waals surface area (Å²) < 4.78 is 5.48. The minimum absolute atomic E-state index is 0.320. The SMILES string of the molecule is CC(COc1cccc(C)c1C)=NO. The third kappa shape index (κ3) is 2.49. The zero-order valence-corrected chi connectivity index (χ0v) is 8.74. The molecule has 0 fully saturated rings. The van der Waals surface area contributed by atoms with Gasteiger partial charge in [-0.05, 0) is 38.0 Å². The highest BCUT2D eigenvalue weighted by Gasteiger charge is 2.01. The molecule has 0 aliphatic heterocycles. The molecule has 0 aromatic heterocycles. The summed E-state index contributed by atoms with van der Waals surface area (Å²) >= 11 is 0. The molecule has 0 amide bonds. The number of rotatable bonds is 3. The molecule has 0 radical (unpaired) electrons. The molecule has 0 aliphatic rings. The summed E-state index contributed by atoms with van der Waals surface area (Å²) in [7, 11) is 0. The number of oxime groups is 1. The third-order valence-electron chi connectivity index (χ3n) is 2.16. The van der Waals surface area contributed by atoms with Crippen LogP contribution in [-0.4, -0.2) is 17.5 Å². The monoisotopic (exact) mass is 193 g/mol. The summed E-state index contributed by atoms with van der Waals surface area (Å²) in [6.07, 6.45) is 0. The molecule has 3 nitrogen and oxygen atoms in total. The molecule has 1 rings (SSSR count). The second-order valence-corrected chi connectivity index (χ2v) is 3.32. The van der Waals surface area contributed by atoms with E-state index in [1.807, 2.05) is 32.0 Å². The molecule has 0 saturated heterocycles. The maximum Gasteiger partial charge on any atom is 0.129 e. The summed E-state index contributed by atoms with van der Waals surface area (Å²) in [5.41, 5.74) is 2.88. The Labute approximate surface area is 84.0 Å². The summed E-state index contributed by atoms with van der Waals surface area (Å²) in [4.78, 5) is 0. The molecule has 1 N–H and O–H groups in total. The van der Waals surface area contributed by atoms with E-state index in [0.29, 0.717) is 12.3 Å². The van der Waals surface area contributed by atoms with E-state index in [2.05, 4.69) is 5.16 Å². The highest BCUT2D eigenvalue weighted by molar-refractivity contribution is 5.82. The van der Waals surface area contributed by atoms with E-state index in [9.17, 15) is 0 Å². The number of aryl methyl sites for hydroxylation is 1. The van der Waals surface area contributed by atoms with Crippen LogP contribution >= 0.6 is 0 Å². The largest absolute Gasteiger partial charge is 0.487 e. The molecule has 0 atom stereocenters. The molecule has 14 heavy (non-hydrogen) atoms. The molecule has 0 heterocycles. The van der Waals surface area contributed by atoms with Crippen molar-refractivity contribution < 1.29 is 9.94 Å². The van der Waals surface area contributed by atoms with Crippen molar-refractivity contribution in [2.75, 3.05) is 6.61 Å². The lowest BCUT2D eigenvalue weighted by Crippen LogP contribution is -2.08. The number of ether oxygens (including phenoxy) is 1. The van der Waals surface area contributed by atoms with Gasteiger partial charge in [-0.1, -0.05) is 17.3 Å². The van der Waals surface area contributed by atoms with Crippen LogP contribution in [0.1, 0.15) is 18.1 Å². The smallest absolute Gasteiger partial charge is 0.129 e. The van der Waals surface area contributed by atoms with Gasteiger partial charge in [0.25, 0.3) is 0 Å². The van der Waals surface area contributed by atoms with Gasteiger partial charge in [-0.15, -0.1) is 0 Å². The Morgan fingerprint density at radius 1 is 1.43 bits per heavy atom. The maximum atomic E-state index is 8.44. The van der Waals surface area contributed by atoms with Gasteiger partial charge >= 0.3 is 0 Å². The molecule has 3 heteroatoms. The van der Waals surface area contributed by atoms with Crippen LogP contribution in [0.3, 0.4) is 0 Å². The van der Waals surface area contributed by atoms with Crippen LogP contribution in [0.4, 0.5) is 0 Å². The molecule has 0 unspecified atom stereocenters. The van der Waals surface area contributed by atoms with E-state index < -0.39 is 0 Å². The number of nitrogens with zero attached hydrogens (tertiary/aromatic N) is 1. The van der Waals surface area contributed by atoms with Crippen LogP contribution < -0.4 is 4.74 Å². The first kappa shape index (κ1) is 10.6. The first-order chi connectivity index (χ1) is 6.65. The molecule has 0 saturated carbocycles. The Morgan fingerprint density at radius 3 is 2.79 bits per heavy atom. The Balaban J connectivity index is 2.73. The number of hydrogen-bond donors (Lipinski definition) is 1. The minimum atomic E-state index is 0.320. The fourth-order valence-electron chi connectivity index (χ4n) is 1.09. The Bertz CT molecular complexity index is 345. The van der Waals surface area contributed by atoms with Crippen LogP contribution in [0.15, 0.2) is 23.4 Å². The van der Waals surface area contributed by atoms with Gasteiger partial charge in [-0.2, -0.15) is 0 Å². The molecule has 0 bridgehead atoms. The van der Waals surface area contributed by atoms with Crippen molar-refractivity contribution in [3.05, 3.63) is 29.3 Å². The van der Waals surface area contributed by atoms with Crippen LogP contribution in [-0.2, 0) is 0 Å². The van der Waals surface area contributed by atoms with Crippen LogP contribution in [0, 0.1) is 13.8 Å². The zero-order chi connectivity index (χ0) is 10.6. The van der Waals surface area contributed by atoms with E-state index in [1.54, 1.807) is 6.92 Å². The Morgan fingerprint density at radius 2 is 2.14 bits per heavy atom. The van der Waals surface area contributed by atoms with Gasteiger partial charge in [0.05, 0.1) is 5.71 Å². The van der Waals surface area contributed by atoms with Crippen LogP contribution in [0.2, 0.25) is 0 Å². The molecule has 0 spiro atoms. The molecule has 1 aromatic carbocycles. The molecule has 0 aliphatic carbocycles. The van der Waals surface area contributed by atoms with Gasteiger partial charge in [0.2, 0.25) is 0 Å². The Hall–Kier alpha value is -1.51. The second-order valence-electron chi connectivity index (χ2n) is 3.32. The predicted molar refractivity (Wildman–Crippen MR) is 56.3 cm³/mol. The van der Waals surface area contributed by atoms with Gasteiger partial charge < -0.3 is 9.94 Å². The summed E-state index contributed by atoms with van der Waals surface area (Å²) in [6.45, 7) is 6.08. The topological polar surface area (TPSA) is 41.8 Å². The molecular weight excluding hydrogens is 178 g/mol. The van der Waals surface area contributed by atoms with Gasteiger partial charge in [-0.25, -0.2) is 0 Å². The van der Waals surface area contributed by atoms with Crippen molar-refractivity contribution in [2.24, 2.45) is 5.16 Å². The highest BCUT2D eigenvalue weighted by atomic mass is 16.5. The quantitative estimate of drug-likeness (QED) is 0.455. The molecular formula is C11H15NO2. The van der Waals surface area contributed by atoms with Gasteiger partial charge in [0, 0.05) is 0 Å². The zero-order valence-electron chi connectivity index (χ0n) is 8.74. The summed E-state index contributed by atoms with van der Waals surface area (Å²) in [6, 6.07) is 5.89. The summed E-state index contributed by atoms with van der Waals surface area (Å²) in [5, 5.41) is 11.5. The maximum absolute atomic E-state index is 8.44. The van der Waals surface area contributed by atoms with E-state index in [1.165, 1.54) is 5.56 Å². The molecule has 76 valence electrons. The number of hydrogen-bond acceptors (Lipinski definition) is 3. The fraction of sp³-hybridized carbons (Fsp3) is 0.364.